The fourth-order valence-corrected chi connectivity index (χ4v) is 6.17. The third-order valence-electron chi connectivity index (χ3n) is 5.97. The van der Waals surface area contributed by atoms with Crippen molar-refractivity contribution in [3.63, 3.8) is 0 Å². The van der Waals surface area contributed by atoms with Crippen LogP contribution < -0.4 is 5.32 Å². The Morgan fingerprint density at radius 3 is 2.71 bits per heavy atom. The van der Waals surface area contributed by atoms with Crippen LogP contribution in [0.3, 0.4) is 0 Å². The molecule has 1 aliphatic rings. The molecule has 0 aliphatic carbocycles. The number of amides is 1. The molecule has 0 fully saturated rings. The highest BCUT2D eigenvalue weighted by Gasteiger charge is 2.40. The van der Waals surface area contributed by atoms with Crippen molar-refractivity contribution < 1.29 is 4.79 Å². The van der Waals surface area contributed by atoms with Gasteiger partial charge in [0.15, 0.2) is 0 Å². The normalized spacial score (nSPS) is 17.1. The number of thioether (sulfide) groups is 1. The van der Waals surface area contributed by atoms with Crippen LogP contribution in [0.1, 0.15) is 34.5 Å². The van der Waals surface area contributed by atoms with E-state index in [1.165, 1.54) is 11.8 Å². The van der Waals surface area contributed by atoms with Crippen LogP contribution in [0, 0.1) is 19.8 Å². The first-order chi connectivity index (χ1) is 16.9. The SMILES string of the molecule is CC1=Nc2nc(SCc3ccccc3Cl)nn2C(c2cccs2)C1C(=O)Nc1ccc(C)cc1C. The number of hydrogen-bond donors (Lipinski definition) is 1. The van der Waals surface area contributed by atoms with Gasteiger partial charge in [0.2, 0.25) is 17.0 Å². The molecule has 2 aromatic heterocycles. The first kappa shape index (κ1) is 23.8. The quantitative estimate of drug-likeness (QED) is 0.281. The first-order valence-corrected chi connectivity index (χ1v) is 13.4. The molecule has 0 radical (unpaired) electrons. The van der Waals surface area contributed by atoms with Gasteiger partial charge >= 0.3 is 0 Å². The van der Waals surface area contributed by atoms with Gasteiger partial charge < -0.3 is 5.32 Å². The molecule has 0 bridgehead atoms. The van der Waals surface area contributed by atoms with Gasteiger partial charge in [-0.2, -0.15) is 4.98 Å². The van der Waals surface area contributed by atoms with Crippen LogP contribution in [-0.2, 0) is 10.5 Å². The van der Waals surface area contributed by atoms with Crippen molar-refractivity contribution in [1.29, 1.82) is 0 Å². The Labute approximate surface area is 217 Å². The number of rotatable bonds is 6. The number of fused-ring (bicyclic) bond motifs is 1. The largest absolute Gasteiger partial charge is 0.325 e. The number of nitrogens with zero attached hydrogens (tertiary/aromatic N) is 4. The maximum absolute atomic E-state index is 13.6. The zero-order chi connectivity index (χ0) is 24.5. The molecular formula is C26H24ClN5OS2. The average Bonchev–Trinajstić information content (AvgIpc) is 3.49. The van der Waals surface area contributed by atoms with Gasteiger partial charge in [-0.25, -0.2) is 9.67 Å². The van der Waals surface area contributed by atoms with Crippen LogP contribution >= 0.6 is 34.7 Å². The Bertz CT molecular complexity index is 1410. The van der Waals surface area contributed by atoms with E-state index in [1.54, 1.807) is 16.0 Å². The summed E-state index contributed by atoms with van der Waals surface area (Å²) in [6, 6.07) is 17.5. The molecule has 2 aromatic carbocycles. The molecule has 35 heavy (non-hydrogen) atoms. The molecule has 9 heteroatoms. The fraction of sp³-hybridized carbons (Fsp3) is 0.231. The van der Waals surface area contributed by atoms with E-state index in [2.05, 4.69) is 16.4 Å². The Morgan fingerprint density at radius 1 is 1.14 bits per heavy atom. The summed E-state index contributed by atoms with van der Waals surface area (Å²) in [6.07, 6.45) is 0. The van der Waals surface area contributed by atoms with E-state index in [0.29, 0.717) is 22.6 Å². The number of nitrogens with one attached hydrogen (secondary N) is 1. The third kappa shape index (κ3) is 4.91. The second kappa shape index (κ2) is 9.97. The average molecular weight is 522 g/mol. The summed E-state index contributed by atoms with van der Waals surface area (Å²) in [5, 5.41) is 11.2. The molecule has 2 atom stereocenters. The Morgan fingerprint density at radius 2 is 1.97 bits per heavy atom. The lowest BCUT2D eigenvalue weighted by Gasteiger charge is -2.29. The minimum absolute atomic E-state index is 0.108. The van der Waals surface area contributed by atoms with Gasteiger partial charge in [0.1, 0.15) is 12.0 Å². The molecule has 178 valence electrons. The summed E-state index contributed by atoms with van der Waals surface area (Å²) in [6.45, 7) is 5.93. The van der Waals surface area contributed by atoms with Gasteiger partial charge in [0.25, 0.3) is 0 Å². The number of carbonyl (C=O) groups is 1. The molecule has 1 N–H and O–H groups in total. The highest BCUT2D eigenvalue weighted by Crippen LogP contribution is 2.39. The molecule has 2 unspecified atom stereocenters. The number of anilines is 1. The van der Waals surface area contributed by atoms with E-state index in [1.807, 2.05) is 74.7 Å². The molecule has 4 aromatic rings. The van der Waals surface area contributed by atoms with Crippen LogP contribution in [0.2, 0.25) is 5.02 Å². The summed E-state index contributed by atoms with van der Waals surface area (Å²) < 4.78 is 1.79. The monoisotopic (exact) mass is 521 g/mol. The summed E-state index contributed by atoms with van der Waals surface area (Å²) in [5.41, 5.74) is 4.72. The predicted octanol–water partition coefficient (Wildman–Crippen LogP) is 6.85. The molecule has 1 amide bonds. The van der Waals surface area contributed by atoms with Crippen molar-refractivity contribution in [2.45, 2.75) is 37.7 Å². The van der Waals surface area contributed by atoms with Crippen molar-refractivity contribution in [3.05, 3.63) is 86.6 Å². The fourth-order valence-electron chi connectivity index (χ4n) is 4.22. The highest BCUT2D eigenvalue weighted by atomic mass is 35.5. The van der Waals surface area contributed by atoms with Gasteiger partial charge in [0, 0.05) is 27.1 Å². The lowest BCUT2D eigenvalue weighted by atomic mass is 9.91. The summed E-state index contributed by atoms with van der Waals surface area (Å²) >= 11 is 9.42. The van der Waals surface area contributed by atoms with Crippen molar-refractivity contribution in [3.8, 4) is 0 Å². The minimum Gasteiger partial charge on any atom is -0.325 e. The van der Waals surface area contributed by atoms with Crippen LogP contribution in [0.15, 0.2) is 70.1 Å². The zero-order valence-electron chi connectivity index (χ0n) is 19.5. The van der Waals surface area contributed by atoms with Gasteiger partial charge in [-0.1, -0.05) is 65.3 Å². The second-order valence-electron chi connectivity index (χ2n) is 8.52. The summed E-state index contributed by atoms with van der Waals surface area (Å²) in [4.78, 5) is 24.0. The van der Waals surface area contributed by atoms with Crippen molar-refractivity contribution in [2.24, 2.45) is 10.9 Å². The van der Waals surface area contributed by atoms with Gasteiger partial charge in [-0.05, 0) is 55.5 Å². The van der Waals surface area contributed by atoms with Crippen molar-refractivity contribution >= 4 is 58.0 Å². The number of carbonyl (C=O) groups excluding carboxylic acids is 1. The number of hydrogen-bond acceptors (Lipinski definition) is 6. The van der Waals surface area contributed by atoms with Crippen LogP contribution in [0.4, 0.5) is 11.6 Å². The first-order valence-electron chi connectivity index (χ1n) is 11.2. The number of aliphatic imine (C=N–C) groups is 1. The van der Waals surface area contributed by atoms with Crippen LogP contribution in [-0.4, -0.2) is 26.4 Å². The zero-order valence-corrected chi connectivity index (χ0v) is 21.9. The van der Waals surface area contributed by atoms with E-state index in [4.69, 9.17) is 21.7 Å². The molecule has 0 spiro atoms. The Hall–Kier alpha value is -2.94. The van der Waals surface area contributed by atoms with Gasteiger partial charge in [0.05, 0.1) is 0 Å². The third-order valence-corrected chi connectivity index (χ3v) is 8.17. The highest BCUT2D eigenvalue weighted by molar-refractivity contribution is 7.98. The Balaban J connectivity index is 1.46. The lowest BCUT2D eigenvalue weighted by molar-refractivity contribution is -0.118. The van der Waals surface area contributed by atoms with Crippen molar-refractivity contribution in [1.82, 2.24) is 14.8 Å². The molecular weight excluding hydrogens is 498 g/mol. The number of benzene rings is 2. The van der Waals surface area contributed by atoms with Crippen LogP contribution in [0.25, 0.3) is 0 Å². The van der Waals surface area contributed by atoms with Gasteiger partial charge in [-0.15, -0.1) is 16.4 Å². The molecule has 0 saturated heterocycles. The number of thiophene rings is 1. The smallest absolute Gasteiger partial charge is 0.249 e. The lowest BCUT2D eigenvalue weighted by Crippen LogP contribution is -2.38. The van der Waals surface area contributed by atoms with Crippen molar-refractivity contribution in [2.75, 3.05) is 5.32 Å². The number of halogens is 1. The minimum atomic E-state index is -0.509. The maximum atomic E-state index is 13.6. The molecule has 0 saturated carbocycles. The van der Waals surface area contributed by atoms with Crippen LogP contribution in [0.5, 0.6) is 0 Å². The summed E-state index contributed by atoms with van der Waals surface area (Å²) in [5.74, 6) is 0.540. The van der Waals surface area contributed by atoms with Gasteiger partial charge in [-0.3, -0.25) is 4.79 Å². The topological polar surface area (TPSA) is 72.2 Å². The standard InChI is InChI=1S/C26H24ClN5OS2/c1-15-10-11-20(16(2)13-15)29-24(33)22-17(3)28-25-30-26(35-14-18-7-4-5-8-19(18)27)31-32(25)23(22)21-9-6-12-34-21/h4-13,22-23H,14H2,1-3H3,(H,29,33). The molecule has 5 rings (SSSR count). The summed E-state index contributed by atoms with van der Waals surface area (Å²) in [7, 11) is 0. The molecule has 3 heterocycles. The van der Waals surface area contributed by atoms with E-state index in [0.717, 1.165) is 32.3 Å². The Kier molecular flexibility index (Phi) is 6.77. The molecule has 6 nitrogen and oxygen atoms in total. The van der Waals surface area contributed by atoms with E-state index in [-0.39, 0.29) is 11.9 Å². The molecule has 1 aliphatic heterocycles. The van der Waals surface area contributed by atoms with E-state index < -0.39 is 5.92 Å². The second-order valence-corrected chi connectivity index (χ2v) is 10.8. The number of aromatic nitrogens is 3. The van der Waals surface area contributed by atoms with E-state index >= 15 is 0 Å². The van der Waals surface area contributed by atoms with E-state index in [9.17, 15) is 4.79 Å². The number of aryl methyl sites for hydroxylation is 2. The predicted molar refractivity (Wildman–Crippen MR) is 144 cm³/mol. The maximum Gasteiger partial charge on any atom is 0.249 e.